The highest BCUT2D eigenvalue weighted by Crippen LogP contribution is 2.24. The largest absolute Gasteiger partial charge is 0.351 e. The van der Waals surface area contributed by atoms with Crippen molar-refractivity contribution in [1.82, 2.24) is 10.6 Å². The van der Waals surface area contributed by atoms with Crippen molar-refractivity contribution in [3.63, 3.8) is 0 Å². The minimum atomic E-state index is -0.287. The number of rotatable bonds is 5. The lowest BCUT2D eigenvalue weighted by molar-refractivity contribution is -0.127. The zero-order chi connectivity index (χ0) is 12.0. The third-order valence-electron chi connectivity index (χ3n) is 3.13. The molecule has 3 nitrogen and oxygen atoms in total. The molecule has 1 amide bonds. The lowest BCUT2D eigenvalue weighted by Gasteiger charge is -2.27. The SMILES string of the molecule is CCCC1(C(=O)NCC=C(C)C)CCCN1. The molecule has 0 bridgehead atoms. The van der Waals surface area contributed by atoms with E-state index in [-0.39, 0.29) is 11.4 Å². The highest BCUT2D eigenvalue weighted by atomic mass is 16.2. The molecule has 0 spiro atoms. The maximum atomic E-state index is 12.1. The molecule has 0 radical (unpaired) electrons. The first-order valence-corrected chi connectivity index (χ1v) is 6.27. The van der Waals surface area contributed by atoms with E-state index in [0.29, 0.717) is 6.54 Å². The molecule has 1 aliphatic rings. The van der Waals surface area contributed by atoms with Gasteiger partial charge in [-0.25, -0.2) is 0 Å². The fourth-order valence-corrected chi connectivity index (χ4v) is 2.27. The molecule has 0 aromatic heterocycles. The summed E-state index contributed by atoms with van der Waals surface area (Å²) >= 11 is 0. The van der Waals surface area contributed by atoms with Crippen LogP contribution in [-0.4, -0.2) is 24.5 Å². The predicted octanol–water partition coefficient (Wildman–Crippen LogP) is 1.99. The van der Waals surface area contributed by atoms with Crippen molar-refractivity contribution < 1.29 is 4.79 Å². The van der Waals surface area contributed by atoms with Gasteiger partial charge in [0.1, 0.15) is 0 Å². The van der Waals surface area contributed by atoms with E-state index in [1.54, 1.807) is 0 Å². The van der Waals surface area contributed by atoms with Crippen LogP contribution in [0, 0.1) is 0 Å². The molecule has 1 heterocycles. The molecule has 1 unspecified atom stereocenters. The second-order valence-corrected chi connectivity index (χ2v) is 4.85. The predicted molar refractivity (Wildman–Crippen MR) is 67.3 cm³/mol. The second-order valence-electron chi connectivity index (χ2n) is 4.85. The van der Waals surface area contributed by atoms with Gasteiger partial charge in [-0.05, 0) is 39.7 Å². The second kappa shape index (κ2) is 6.04. The molecule has 0 aromatic rings. The van der Waals surface area contributed by atoms with Gasteiger partial charge in [-0.3, -0.25) is 4.79 Å². The maximum absolute atomic E-state index is 12.1. The van der Waals surface area contributed by atoms with E-state index >= 15 is 0 Å². The molecule has 16 heavy (non-hydrogen) atoms. The molecule has 3 heteroatoms. The van der Waals surface area contributed by atoms with Crippen LogP contribution in [-0.2, 0) is 4.79 Å². The summed E-state index contributed by atoms with van der Waals surface area (Å²) in [6.07, 6.45) is 6.11. The van der Waals surface area contributed by atoms with Gasteiger partial charge in [0.2, 0.25) is 5.91 Å². The van der Waals surface area contributed by atoms with Crippen molar-refractivity contribution in [3.8, 4) is 0 Å². The number of hydrogen-bond donors (Lipinski definition) is 2. The average molecular weight is 224 g/mol. The van der Waals surface area contributed by atoms with Crippen molar-refractivity contribution in [2.75, 3.05) is 13.1 Å². The van der Waals surface area contributed by atoms with Gasteiger partial charge in [-0.2, -0.15) is 0 Å². The minimum absolute atomic E-state index is 0.171. The Kier molecular flexibility index (Phi) is 5.00. The summed E-state index contributed by atoms with van der Waals surface area (Å²) in [5, 5.41) is 6.38. The Balaban J connectivity index is 2.51. The first-order chi connectivity index (χ1) is 7.60. The Morgan fingerprint density at radius 3 is 2.75 bits per heavy atom. The van der Waals surface area contributed by atoms with Crippen LogP contribution in [0.4, 0.5) is 0 Å². The zero-order valence-corrected chi connectivity index (χ0v) is 10.7. The van der Waals surface area contributed by atoms with Gasteiger partial charge in [0, 0.05) is 6.54 Å². The summed E-state index contributed by atoms with van der Waals surface area (Å²) in [6.45, 7) is 7.83. The summed E-state index contributed by atoms with van der Waals surface area (Å²) in [5.74, 6) is 0.171. The van der Waals surface area contributed by atoms with Gasteiger partial charge < -0.3 is 10.6 Å². The van der Waals surface area contributed by atoms with Gasteiger partial charge in [0.25, 0.3) is 0 Å². The van der Waals surface area contributed by atoms with E-state index in [1.165, 1.54) is 5.57 Å². The fraction of sp³-hybridized carbons (Fsp3) is 0.769. The molecule has 1 aliphatic heterocycles. The molecule has 0 aliphatic carbocycles. The Morgan fingerprint density at radius 1 is 1.50 bits per heavy atom. The van der Waals surface area contributed by atoms with Crippen molar-refractivity contribution in [3.05, 3.63) is 11.6 Å². The van der Waals surface area contributed by atoms with Crippen LogP contribution in [0.25, 0.3) is 0 Å². The van der Waals surface area contributed by atoms with Crippen LogP contribution in [0.2, 0.25) is 0 Å². The number of amides is 1. The first kappa shape index (κ1) is 13.2. The number of carbonyl (C=O) groups is 1. The van der Waals surface area contributed by atoms with Crippen molar-refractivity contribution in [1.29, 1.82) is 0 Å². The van der Waals surface area contributed by atoms with Crippen molar-refractivity contribution in [2.45, 2.75) is 52.0 Å². The standard InChI is InChI=1S/C13H24N2O/c1-4-7-13(8-5-9-15-13)12(16)14-10-6-11(2)3/h6,15H,4-5,7-10H2,1-3H3,(H,14,16). The summed E-state index contributed by atoms with van der Waals surface area (Å²) in [6, 6.07) is 0. The lowest BCUT2D eigenvalue weighted by atomic mass is 9.91. The third kappa shape index (κ3) is 3.34. The van der Waals surface area contributed by atoms with Crippen LogP contribution in [0.15, 0.2) is 11.6 Å². The van der Waals surface area contributed by atoms with E-state index in [9.17, 15) is 4.79 Å². The van der Waals surface area contributed by atoms with E-state index in [2.05, 4.69) is 17.6 Å². The Hall–Kier alpha value is -0.830. The van der Waals surface area contributed by atoms with Gasteiger partial charge in [-0.1, -0.05) is 25.0 Å². The molecule has 0 saturated carbocycles. The van der Waals surface area contributed by atoms with Crippen LogP contribution in [0.5, 0.6) is 0 Å². The first-order valence-electron chi connectivity index (χ1n) is 6.27. The van der Waals surface area contributed by atoms with Gasteiger partial charge in [-0.15, -0.1) is 0 Å². The van der Waals surface area contributed by atoms with Crippen LogP contribution in [0.1, 0.15) is 46.5 Å². The number of hydrogen-bond acceptors (Lipinski definition) is 2. The highest BCUT2D eigenvalue weighted by Gasteiger charge is 2.39. The summed E-state index contributed by atoms with van der Waals surface area (Å²) in [7, 11) is 0. The monoisotopic (exact) mass is 224 g/mol. The van der Waals surface area contributed by atoms with E-state index in [1.807, 2.05) is 19.9 Å². The van der Waals surface area contributed by atoms with E-state index < -0.39 is 0 Å². The van der Waals surface area contributed by atoms with Crippen LogP contribution in [0.3, 0.4) is 0 Å². The smallest absolute Gasteiger partial charge is 0.240 e. The van der Waals surface area contributed by atoms with Crippen LogP contribution < -0.4 is 10.6 Å². The summed E-state index contributed by atoms with van der Waals surface area (Å²) < 4.78 is 0. The minimum Gasteiger partial charge on any atom is -0.351 e. The van der Waals surface area contributed by atoms with Crippen LogP contribution >= 0.6 is 0 Å². The summed E-state index contributed by atoms with van der Waals surface area (Å²) in [4.78, 5) is 12.1. The topological polar surface area (TPSA) is 41.1 Å². The quantitative estimate of drug-likeness (QED) is 0.701. The Bertz CT molecular complexity index is 261. The molecular formula is C13H24N2O. The van der Waals surface area contributed by atoms with Crippen molar-refractivity contribution >= 4 is 5.91 Å². The molecule has 1 rings (SSSR count). The normalized spacial score (nSPS) is 24.2. The molecule has 0 aromatic carbocycles. The maximum Gasteiger partial charge on any atom is 0.240 e. The molecule has 2 N–H and O–H groups in total. The Morgan fingerprint density at radius 2 is 2.25 bits per heavy atom. The van der Waals surface area contributed by atoms with Gasteiger partial charge in [0.15, 0.2) is 0 Å². The van der Waals surface area contributed by atoms with E-state index in [4.69, 9.17) is 0 Å². The average Bonchev–Trinajstić information content (AvgIpc) is 2.67. The molecule has 92 valence electrons. The third-order valence-corrected chi connectivity index (χ3v) is 3.13. The summed E-state index contributed by atoms with van der Waals surface area (Å²) in [5.41, 5.74) is 0.953. The van der Waals surface area contributed by atoms with Gasteiger partial charge >= 0.3 is 0 Å². The number of carbonyl (C=O) groups excluding carboxylic acids is 1. The van der Waals surface area contributed by atoms with E-state index in [0.717, 1.165) is 32.2 Å². The zero-order valence-electron chi connectivity index (χ0n) is 10.7. The fourth-order valence-electron chi connectivity index (χ4n) is 2.27. The lowest BCUT2D eigenvalue weighted by Crippen LogP contribution is -2.53. The Labute approximate surface area is 98.7 Å². The molecule has 1 atom stereocenters. The number of allylic oxidation sites excluding steroid dienone is 1. The van der Waals surface area contributed by atoms with Crippen molar-refractivity contribution in [2.24, 2.45) is 0 Å². The molecule has 1 saturated heterocycles. The molecule has 1 fully saturated rings. The highest BCUT2D eigenvalue weighted by molar-refractivity contribution is 5.86. The van der Waals surface area contributed by atoms with Gasteiger partial charge in [0.05, 0.1) is 5.54 Å². The number of nitrogens with one attached hydrogen (secondary N) is 2. The molecular weight excluding hydrogens is 200 g/mol.